The predicted octanol–water partition coefficient (Wildman–Crippen LogP) is 30.5. The highest BCUT2D eigenvalue weighted by molar-refractivity contribution is 7.27. The summed E-state index contributed by atoms with van der Waals surface area (Å²) in [5, 5.41) is 20.9. The van der Waals surface area contributed by atoms with Crippen LogP contribution in [0.3, 0.4) is 0 Å². The molecule has 0 aliphatic carbocycles. The smallest absolute Gasteiger partial charge is 0.235 e. The number of para-hydroxylation sites is 7. The molecule has 0 radical (unpaired) electrons. The molecule has 0 bridgehead atoms. The summed E-state index contributed by atoms with van der Waals surface area (Å²) in [7, 11) is 0. The van der Waals surface area contributed by atoms with E-state index in [2.05, 4.69) is 413 Å². The molecule has 12 heteroatoms. The second kappa shape index (κ2) is 27.2. The molecular formula is C116H66N10OS. The Bertz CT molecular complexity index is 9690. The SMILES string of the molecule is c1ccc(-c2nc(-n3c4ccccc4c4cc(-c5ccc6c(c5)c5cc(-c7cccc(-c8nc(-n9c%10ccccc%10c%10c%11c%12ccc(-c%13ccccc%13-c%13nc(-n%14c%15ccccc%15c%15c%16c%17ccccc%17sc%16c%16ccccc%16c%15%14)nc%14ccccc%13%14)cc%12oc%11c%11ccccc%11c%109)nc9ccccc89)c7)ccc5n6-c5ccccc5)ccc43)nc3ccccc23)cc1. The maximum atomic E-state index is 7.41. The first-order valence-corrected chi connectivity index (χ1v) is 44.1. The molecule has 0 fully saturated rings. The van der Waals surface area contributed by atoms with E-state index in [9.17, 15) is 0 Å². The van der Waals surface area contributed by atoms with Crippen molar-refractivity contribution in [1.82, 2.24) is 48.2 Å². The van der Waals surface area contributed by atoms with Gasteiger partial charge in [0.2, 0.25) is 17.8 Å². The lowest BCUT2D eigenvalue weighted by Crippen LogP contribution is -2.04. The quantitative estimate of drug-likeness (QED) is 0.134. The number of benzene rings is 19. The standard InChI is InChI=1S/C116H66N10OS/c1-3-28-67(29-4-1)107-82-41-13-20-47-92(82)117-114(120-107)124-95-50-23-16-35-76(95)89-63-70(57-61-100(89)124)71-56-60-99-91(65-71)90-64-69(55-59-98(90)123(99)74-32-5-2-6-33-74)68-30-27-31-73(62-68)108-83-42-14-21-48-93(83)118-115(121-108)125-96-51-24-17-44-85(96)103-105-87-58-54-72(66-101(87)127-112(105)80-39-11-9-37-78(80)110(103)125)75-34-7-8-36-77(75)109-84-43-15-22-49-94(84)119-116(122-109)126-97-52-25-18-45-86(97)104-106-88-46-19-26-53-102(88)128-113(106)81-40-12-10-38-79(81)111(104)126/h1-66H. The number of aromatic nitrogens is 10. The second-order valence-electron chi connectivity index (χ2n) is 33.4. The molecular weight excluding hydrogens is 1580 g/mol. The summed E-state index contributed by atoms with van der Waals surface area (Å²) < 4.78 is 19.2. The molecule has 28 rings (SSSR count). The molecule has 0 N–H and O–H groups in total. The van der Waals surface area contributed by atoms with E-state index < -0.39 is 0 Å². The minimum atomic E-state index is 0.569. The molecule has 28 aromatic rings. The summed E-state index contributed by atoms with van der Waals surface area (Å²) in [5.41, 5.74) is 25.7. The van der Waals surface area contributed by atoms with Crippen LogP contribution in [0.4, 0.5) is 0 Å². The van der Waals surface area contributed by atoms with Crippen LogP contribution in [0.15, 0.2) is 405 Å². The molecule has 9 heterocycles. The van der Waals surface area contributed by atoms with Crippen LogP contribution in [-0.4, -0.2) is 48.2 Å². The summed E-state index contributed by atoms with van der Waals surface area (Å²) in [6.07, 6.45) is 0. The first-order valence-electron chi connectivity index (χ1n) is 43.3. The van der Waals surface area contributed by atoms with Crippen molar-refractivity contribution in [1.29, 1.82) is 0 Å². The average Bonchev–Trinajstić information content (AvgIpc) is 1.53. The van der Waals surface area contributed by atoms with Crippen LogP contribution in [0.2, 0.25) is 0 Å². The third-order valence-corrected chi connectivity index (χ3v) is 27.8. The van der Waals surface area contributed by atoms with E-state index in [4.69, 9.17) is 34.3 Å². The van der Waals surface area contributed by atoms with Crippen molar-refractivity contribution >= 4 is 195 Å². The van der Waals surface area contributed by atoms with Gasteiger partial charge in [0.15, 0.2) is 0 Å². The van der Waals surface area contributed by atoms with Gasteiger partial charge in [-0.05, 0) is 143 Å². The first-order chi connectivity index (χ1) is 63.5. The molecule has 0 saturated heterocycles. The van der Waals surface area contributed by atoms with Gasteiger partial charge in [0.05, 0.1) is 77.8 Å². The number of thiophene rings is 1. The van der Waals surface area contributed by atoms with Gasteiger partial charge in [-0.25, -0.2) is 29.9 Å². The summed E-state index contributed by atoms with van der Waals surface area (Å²) in [4.78, 5) is 33.4. The Hall–Kier alpha value is -17.1. The number of hydrogen-bond acceptors (Lipinski definition) is 8. The molecule has 0 saturated carbocycles. The molecule has 0 atom stereocenters. The van der Waals surface area contributed by atoms with Gasteiger partial charge in [-0.3, -0.25) is 13.7 Å². The topological polar surface area (TPSA) is 110 Å². The van der Waals surface area contributed by atoms with Crippen molar-refractivity contribution in [2.75, 3.05) is 0 Å². The van der Waals surface area contributed by atoms with Crippen LogP contribution in [0.25, 0.3) is 274 Å². The maximum absolute atomic E-state index is 7.41. The summed E-state index contributed by atoms with van der Waals surface area (Å²) in [6, 6.07) is 144. The molecule has 19 aromatic carbocycles. The molecule has 0 spiro atoms. The molecule has 0 unspecified atom stereocenters. The lowest BCUT2D eigenvalue weighted by Gasteiger charge is -2.15. The molecule has 592 valence electrons. The summed E-state index contributed by atoms with van der Waals surface area (Å²) in [6.45, 7) is 0. The van der Waals surface area contributed by atoms with Crippen molar-refractivity contribution < 1.29 is 4.42 Å². The molecule has 128 heavy (non-hydrogen) atoms. The average molecular weight is 1650 g/mol. The predicted molar refractivity (Wildman–Crippen MR) is 531 cm³/mol. The second-order valence-corrected chi connectivity index (χ2v) is 34.5. The van der Waals surface area contributed by atoms with Gasteiger partial charge in [-0.2, -0.15) is 0 Å². The van der Waals surface area contributed by atoms with Crippen LogP contribution < -0.4 is 0 Å². The lowest BCUT2D eigenvalue weighted by molar-refractivity contribution is 0.673. The first kappa shape index (κ1) is 70.5. The Morgan fingerprint density at radius 3 is 1.23 bits per heavy atom. The fraction of sp³-hybridized carbons (Fsp3) is 0. The van der Waals surface area contributed by atoms with E-state index in [0.29, 0.717) is 17.8 Å². The number of nitrogens with zero attached hydrogens (tertiary/aromatic N) is 10. The van der Waals surface area contributed by atoms with E-state index >= 15 is 0 Å². The molecule has 0 amide bonds. The van der Waals surface area contributed by atoms with Crippen LogP contribution in [-0.2, 0) is 0 Å². The Balaban J connectivity index is 0.572. The molecule has 0 aliphatic heterocycles. The van der Waals surface area contributed by atoms with Crippen LogP contribution in [0.1, 0.15) is 0 Å². The lowest BCUT2D eigenvalue weighted by atomic mass is 9.94. The fourth-order valence-corrected chi connectivity index (χ4v) is 22.2. The number of hydrogen-bond donors (Lipinski definition) is 0. The Labute approximate surface area is 733 Å². The van der Waals surface area contributed by atoms with Gasteiger partial charge >= 0.3 is 0 Å². The van der Waals surface area contributed by atoms with Gasteiger partial charge in [-0.15, -0.1) is 11.3 Å². The molecule has 9 aromatic heterocycles. The van der Waals surface area contributed by atoms with Crippen molar-refractivity contribution in [2.45, 2.75) is 0 Å². The van der Waals surface area contributed by atoms with Crippen LogP contribution >= 0.6 is 11.3 Å². The van der Waals surface area contributed by atoms with E-state index in [0.717, 1.165) is 225 Å². The van der Waals surface area contributed by atoms with Crippen molar-refractivity contribution in [3.8, 4) is 90.7 Å². The van der Waals surface area contributed by atoms with Gasteiger partial charge in [0, 0.05) is 134 Å². The fourth-order valence-electron chi connectivity index (χ4n) is 21.0. The normalized spacial score (nSPS) is 12.2. The highest BCUT2D eigenvalue weighted by atomic mass is 32.1. The Morgan fingerprint density at radius 1 is 0.211 bits per heavy atom. The zero-order valence-corrected chi connectivity index (χ0v) is 69.2. The monoisotopic (exact) mass is 1650 g/mol. The summed E-state index contributed by atoms with van der Waals surface area (Å²) >= 11 is 1.87. The van der Waals surface area contributed by atoms with E-state index in [1.807, 2.05) is 17.4 Å². The highest BCUT2D eigenvalue weighted by Crippen LogP contribution is 2.52. The van der Waals surface area contributed by atoms with Gasteiger partial charge < -0.3 is 8.98 Å². The van der Waals surface area contributed by atoms with E-state index in [1.54, 1.807) is 0 Å². The van der Waals surface area contributed by atoms with Gasteiger partial charge in [0.25, 0.3) is 0 Å². The number of fused-ring (bicyclic) bond motifs is 29. The molecule has 11 nitrogen and oxygen atoms in total. The molecule has 0 aliphatic rings. The number of rotatable bonds is 10. The highest BCUT2D eigenvalue weighted by Gasteiger charge is 2.30. The maximum Gasteiger partial charge on any atom is 0.235 e. The van der Waals surface area contributed by atoms with E-state index in [1.165, 1.54) is 30.9 Å². The van der Waals surface area contributed by atoms with Crippen LogP contribution in [0, 0.1) is 0 Å². The largest absolute Gasteiger partial charge is 0.455 e. The Kier molecular flexibility index (Phi) is 15.0. The van der Waals surface area contributed by atoms with Crippen molar-refractivity contribution in [3.63, 3.8) is 0 Å². The van der Waals surface area contributed by atoms with Gasteiger partial charge in [-0.1, -0.05) is 291 Å². The van der Waals surface area contributed by atoms with Crippen LogP contribution in [0.5, 0.6) is 0 Å². The summed E-state index contributed by atoms with van der Waals surface area (Å²) in [5.74, 6) is 1.81. The van der Waals surface area contributed by atoms with Crippen molar-refractivity contribution in [2.24, 2.45) is 0 Å². The minimum absolute atomic E-state index is 0.569. The number of furan rings is 1. The van der Waals surface area contributed by atoms with Gasteiger partial charge in [0.1, 0.15) is 11.2 Å². The zero-order chi connectivity index (χ0) is 83.5. The minimum Gasteiger partial charge on any atom is -0.455 e. The third-order valence-electron chi connectivity index (χ3n) is 26.6. The Morgan fingerprint density at radius 2 is 0.617 bits per heavy atom. The van der Waals surface area contributed by atoms with E-state index in [-0.39, 0.29) is 0 Å². The zero-order valence-electron chi connectivity index (χ0n) is 68.4. The third kappa shape index (κ3) is 10.3. The van der Waals surface area contributed by atoms with Crippen molar-refractivity contribution in [3.05, 3.63) is 400 Å².